The van der Waals surface area contributed by atoms with Gasteiger partial charge in [0.2, 0.25) is 0 Å². The van der Waals surface area contributed by atoms with Gasteiger partial charge in [-0.3, -0.25) is 13.2 Å². The molecule has 0 amide bonds. The molecule has 0 radical (unpaired) electrons. The molecule has 0 aliphatic rings. The summed E-state index contributed by atoms with van der Waals surface area (Å²) in [5.74, 6) is -0.0161. The van der Waals surface area contributed by atoms with Gasteiger partial charge in [0, 0.05) is 74.6 Å². The summed E-state index contributed by atoms with van der Waals surface area (Å²) in [5, 5.41) is 0. The first kappa shape index (κ1) is 24.7. The van der Waals surface area contributed by atoms with Crippen molar-refractivity contribution >= 4 is 50.9 Å². The standard InChI is InChI=1S/C27H22O3S4/c1-33(29)25-15-11-23(12-16-25)31-21-7-3-19(4-8-21)27(28)20-5-9-22(10-6-20)32-24-13-17-26(18-14-24)34(2)30/h3-18H,1-2H3. The molecule has 0 saturated heterocycles. The predicted octanol–water partition coefficient (Wildman–Crippen LogP) is 6.69. The van der Waals surface area contributed by atoms with Gasteiger partial charge in [-0.05, 0) is 97.1 Å². The number of carbonyl (C=O) groups is 1. The summed E-state index contributed by atoms with van der Waals surface area (Å²) < 4.78 is 23.1. The Morgan fingerprint density at radius 2 is 0.765 bits per heavy atom. The van der Waals surface area contributed by atoms with Crippen LogP contribution in [0.5, 0.6) is 0 Å². The molecule has 0 saturated carbocycles. The van der Waals surface area contributed by atoms with E-state index in [1.807, 2.05) is 97.1 Å². The van der Waals surface area contributed by atoms with Gasteiger partial charge in [-0.1, -0.05) is 23.5 Å². The number of rotatable bonds is 8. The van der Waals surface area contributed by atoms with Crippen LogP contribution in [0, 0.1) is 0 Å². The molecular formula is C27H22O3S4. The normalized spacial score (nSPS) is 12.8. The van der Waals surface area contributed by atoms with Gasteiger partial charge in [-0.2, -0.15) is 0 Å². The minimum atomic E-state index is -0.983. The van der Waals surface area contributed by atoms with Crippen LogP contribution in [0.1, 0.15) is 15.9 Å². The van der Waals surface area contributed by atoms with E-state index in [4.69, 9.17) is 0 Å². The molecule has 0 fully saturated rings. The molecule has 0 aliphatic carbocycles. The first-order valence-corrected chi connectivity index (χ1v) is 15.1. The van der Waals surface area contributed by atoms with Crippen LogP contribution in [-0.2, 0) is 21.6 Å². The zero-order valence-corrected chi connectivity index (χ0v) is 21.9. The van der Waals surface area contributed by atoms with Crippen LogP contribution >= 0.6 is 23.5 Å². The lowest BCUT2D eigenvalue weighted by atomic mass is 10.0. The van der Waals surface area contributed by atoms with Crippen molar-refractivity contribution < 1.29 is 13.2 Å². The van der Waals surface area contributed by atoms with Crippen LogP contribution < -0.4 is 0 Å². The number of benzene rings is 4. The summed E-state index contributed by atoms with van der Waals surface area (Å²) in [6, 6.07) is 30.5. The Labute approximate surface area is 213 Å². The topological polar surface area (TPSA) is 51.2 Å². The van der Waals surface area contributed by atoms with Crippen molar-refractivity contribution in [2.45, 2.75) is 29.4 Å². The second-order valence-electron chi connectivity index (χ2n) is 7.43. The second-order valence-corrected chi connectivity index (χ2v) is 12.5. The lowest BCUT2D eigenvalue weighted by Gasteiger charge is -2.06. The summed E-state index contributed by atoms with van der Waals surface area (Å²) >= 11 is 3.20. The Balaban J connectivity index is 1.39. The largest absolute Gasteiger partial charge is 0.289 e. The Morgan fingerprint density at radius 3 is 1.03 bits per heavy atom. The molecule has 0 N–H and O–H groups in total. The molecule has 4 aromatic rings. The van der Waals surface area contributed by atoms with Gasteiger partial charge in [-0.15, -0.1) is 0 Å². The first-order valence-electron chi connectivity index (χ1n) is 10.4. The fourth-order valence-electron chi connectivity index (χ4n) is 3.19. The summed E-state index contributed by atoms with van der Waals surface area (Å²) in [4.78, 5) is 18.7. The Morgan fingerprint density at radius 1 is 0.500 bits per heavy atom. The maximum atomic E-state index is 12.9. The van der Waals surface area contributed by atoms with Crippen LogP contribution in [-0.4, -0.2) is 26.7 Å². The molecular weight excluding hydrogens is 501 g/mol. The molecule has 0 spiro atoms. The third-order valence-electron chi connectivity index (χ3n) is 5.02. The quantitative estimate of drug-likeness (QED) is 0.241. The molecule has 2 atom stereocenters. The third kappa shape index (κ3) is 6.36. The Hall–Kier alpha value is -2.45. The highest BCUT2D eigenvalue weighted by molar-refractivity contribution is 7.99. The molecule has 172 valence electrons. The Bertz CT molecular complexity index is 1220. The molecule has 0 aromatic heterocycles. The van der Waals surface area contributed by atoms with Crippen LogP contribution in [0.2, 0.25) is 0 Å². The maximum Gasteiger partial charge on any atom is 0.193 e. The highest BCUT2D eigenvalue weighted by atomic mass is 32.2. The van der Waals surface area contributed by atoms with E-state index >= 15 is 0 Å². The molecule has 3 nitrogen and oxygen atoms in total. The van der Waals surface area contributed by atoms with E-state index in [1.54, 1.807) is 36.0 Å². The zero-order valence-electron chi connectivity index (χ0n) is 18.6. The predicted molar refractivity (Wildman–Crippen MR) is 142 cm³/mol. The summed E-state index contributed by atoms with van der Waals surface area (Å²) in [6.07, 6.45) is 3.33. The summed E-state index contributed by atoms with van der Waals surface area (Å²) in [5.41, 5.74) is 1.29. The number of hydrogen-bond donors (Lipinski definition) is 0. The van der Waals surface area contributed by atoms with E-state index in [9.17, 15) is 13.2 Å². The Kier molecular flexibility index (Phi) is 8.21. The smallest absolute Gasteiger partial charge is 0.193 e. The molecule has 4 rings (SSSR count). The van der Waals surface area contributed by atoms with Crippen molar-refractivity contribution in [1.29, 1.82) is 0 Å². The van der Waals surface area contributed by atoms with Gasteiger partial charge in [0.05, 0.1) is 0 Å². The van der Waals surface area contributed by atoms with E-state index < -0.39 is 21.6 Å². The van der Waals surface area contributed by atoms with Gasteiger partial charge >= 0.3 is 0 Å². The molecule has 0 heterocycles. The molecule has 7 heteroatoms. The van der Waals surface area contributed by atoms with Gasteiger partial charge in [0.1, 0.15) is 0 Å². The van der Waals surface area contributed by atoms with E-state index in [0.29, 0.717) is 11.1 Å². The average molecular weight is 523 g/mol. The monoisotopic (exact) mass is 522 g/mol. The molecule has 0 bridgehead atoms. The van der Waals surface area contributed by atoms with Crippen molar-refractivity contribution in [3.63, 3.8) is 0 Å². The van der Waals surface area contributed by atoms with E-state index in [1.165, 1.54) is 0 Å². The van der Waals surface area contributed by atoms with Gasteiger partial charge in [-0.25, -0.2) is 0 Å². The summed E-state index contributed by atoms with van der Waals surface area (Å²) in [6.45, 7) is 0. The van der Waals surface area contributed by atoms with Crippen molar-refractivity contribution in [1.82, 2.24) is 0 Å². The fourth-order valence-corrected chi connectivity index (χ4v) is 5.86. The SMILES string of the molecule is CS(=O)c1ccc(Sc2ccc(C(=O)c3ccc(Sc4ccc(S(C)=O)cc4)cc3)cc2)cc1. The first-order chi connectivity index (χ1) is 16.4. The highest BCUT2D eigenvalue weighted by Gasteiger charge is 2.10. The van der Waals surface area contributed by atoms with Crippen LogP contribution in [0.15, 0.2) is 126 Å². The van der Waals surface area contributed by atoms with Crippen LogP contribution in [0.4, 0.5) is 0 Å². The van der Waals surface area contributed by atoms with Crippen molar-refractivity contribution in [3.8, 4) is 0 Å². The zero-order chi connectivity index (χ0) is 24.1. The van der Waals surface area contributed by atoms with Gasteiger partial charge < -0.3 is 0 Å². The maximum absolute atomic E-state index is 12.9. The van der Waals surface area contributed by atoms with Gasteiger partial charge in [0.25, 0.3) is 0 Å². The lowest BCUT2D eigenvalue weighted by molar-refractivity contribution is 0.103. The highest BCUT2D eigenvalue weighted by Crippen LogP contribution is 2.30. The van der Waals surface area contributed by atoms with Gasteiger partial charge in [0.15, 0.2) is 5.78 Å². The minimum Gasteiger partial charge on any atom is -0.289 e. The number of carbonyl (C=O) groups excluding carboxylic acids is 1. The third-order valence-corrected chi connectivity index (χ3v) is 8.92. The fraction of sp³-hybridized carbons (Fsp3) is 0.0741. The van der Waals surface area contributed by atoms with E-state index in [-0.39, 0.29) is 5.78 Å². The number of hydrogen-bond acceptors (Lipinski definition) is 5. The molecule has 4 aromatic carbocycles. The van der Waals surface area contributed by atoms with Crippen LogP contribution in [0.25, 0.3) is 0 Å². The minimum absolute atomic E-state index is 0.0161. The summed E-state index contributed by atoms with van der Waals surface area (Å²) in [7, 11) is -1.97. The lowest BCUT2D eigenvalue weighted by Crippen LogP contribution is -2.00. The van der Waals surface area contributed by atoms with Crippen molar-refractivity contribution in [2.24, 2.45) is 0 Å². The molecule has 34 heavy (non-hydrogen) atoms. The van der Waals surface area contributed by atoms with E-state index in [0.717, 1.165) is 29.4 Å². The molecule has 2 unspecified atom stereocenters. The number of ketones is 1. The molecule has 0 aliphatic heterocycles. The average Bonchev–Trinajstić information content (AvgIpc) is 2.85. The second kappa shape index (κ2) is 11.3. The van der Waals surface area contributed by atoms with Crippen molar-refractivity contribution in [3.05, 3.63) is 108 Å². The van der Waals surface area contributed by atoms with Crippen molar-refractivity contribution in [2.75, 3.05) is 12.5 Å². The van der Waals surface area contributed by atoms with E-state index in [2.05, 4.69) is 0 Å². The van der Waals surface area contributed by atoms with Crippen LogP contribution in [0.3, 0.4) is 0 Å².